The third-order valence-corrected chi connectivity index (χ3v) is 10.6. The van der Waals surface area contributed by atoms with Gasteiger partial charge in [0.2, 0.25) is 0 Å². The van der Waals surface area contributed by atoms with E-state index >= 15 is 0 Å². The average Bonchev–Trinajstić information content (AvgIpc) is 2.88. The largest absolute Gasteiger partial charge is 1.05 e. The molecule has 0 radical (unpaired) electrons. The van der Waals surface area contributed by atoms with Crippen LogP contribution in [-0.2, 0) is 50.7 Å². The van der Waals surface area contributed by atoms with Crippen molar-refractivity contribution in [2.45, 2.75) is 33.5 Å². The number of hydrogen-bond acceptors (Lipinski definition) is 11. The maximum atomic E-state index is 12.5. The number of aromatic nitrogens is 1. The van der Waals surface area contributed by atoms with Gasteiger partial charge in [-0.1, -0.05) is 40.9 Å². The Bertz CT molecular complexity index is 1190. The molecular weight excluding hydrogens is 711 g/mol. The molecule has 230 valence electrons. The molecule has 1 N–H and O–H groups in total. The van der Waals surface area contributed by atoms with E-state index in [2.05, 4.69) is 23.9 Å². The number of nitrogens with one attached hydrogen (secondary N) is 1. The number of carbonyl (C=O) groups excluding carboxylic acids is 1. The summed E-state index contributed by atoms with van der Waals surface area (Å²) in [6, 6.07) is 5.31. The van der Waals surface area contributed by atoms with Gasteiger partial charge in [0, 0.05) is 19.9 Å². The fourth-order valence-corrected chi connectivity index (χ4v) is 7.75. The first kappa shape index (κ1) is 39.1. The Morgan fingerprint density at radius 3 is 1.71 bits per heavy atom. The second-order valence-electron chi connectivity index (χ2n) is 6.96. The Kier molecular flexibility index (Phi) is 18.8. The van der Waals surface area contributed by atoms with Gasteiger partial charge < -0.3 is 5.32 Å². The summed E-state index contributed by atoms with van der Waals surface area (Å²) in [4.78, 5) is 15.7. The normalized spacial score (nSPS) is 12.2. The zero-order valence-electron chi connectivity index (χ0n) is 21.9. The van der Waals surface area contributed by atoms with Gasteiger partial charge in [0.15, 0.2) is 0 Å². The summed E-state index contributed by atoms with van der Waals surface area (Å²) < 4.78 is 99.6. The first-order chi connectivity index (χ1) is 19.7. The van der Waals surface area contributed by atoms with Crippen molar-refractivity contribution < 1.29 is 56.0 Å². The zero-order valence-corrected chi connectivity index (χ0v) is 28.0. The molecule has 3 unspecified atom stereocenters. The van der Waals surface area contributed by atoms with Gasteiger partial charge in [-0.2, -0.15) is 23.9 Å². The van der Waals surface area contributed by atoms with Crippen molar-refractivity contribution in [1.82, 2.24) is 10.3 Å². The van der Waals surface area contributed by atoms with Crippen LogP contribution in [-0.4, -0.2) is 45.9 Å². The molecular formula is C20H23AlCl3F3N2O10P3+3. The molecule has 22 heteroatoms. The Balaban J connectivity index is 0.000000430. The molecule has 0 fully saturated rings. The van der Waals surface area contributed by atoms with Gasteiger partial charge in [0.1, 0.15) is 19.8 Å². The highest BCUT2D eigenvalue weighted by molar-refractivity contribution is 7.39. The highest BCUT2D eigenvalue weighted by atomic mass is 35.5. The van der Waals surface area contributed by atoms with Crippen LogP contribution in [0.15, 0.2) is 30.5 Å². The fourth-order valence-electron chi connectivity index (χ4n) is 2.39. The first-order valence-electron chi connectivity index (χ1n) is 11.5. The number of rotatable bonds is 15. The van der Waals surface area contributed by atoms with Crippen LogP contribution in [0.5, 0.6) is 0 Å². The summed E-state index contributed by atoms with van der Waals surface area (Å²) in [6.07, 6.45) is -3.89. The predicted octanol–water partition coefficient (Wildman–Crippen LogP) is 8.09. The molecule has 0 saturated heterocycles. The van der Waals surface area contributed by atoms with Crippen molar-refractivity contribution in [3.63, 3.8) is 0 Å². The molecule has 3 atom stereocenters. The Morgan fingerprint density at radius 1 is 0.881 bits per heavy atom. The molecule has 1 aromatic heterocycles. The van der Waals surface area contributed by atoms with E-state index < -0.39 is 57.6 Å². The van der Waals surface area contributed by atoms with Gasteiger partial charge >= 0.3 is 46.1 Å². The third-order valence-electron chi connectivity index (χ3n) is 4.07. The lowest BCUT2D eigenvalue weighted by Gasteiger charge is -2.11. The van der Waals surface area contributed by atoms with Crippen LogP contribution >= 0.6 is 59.6 Å². The van der Waals surface area contributed by atoms with Crippen LogP contribution in [0.25, 0.3) is 0 Å². The van der Waals surface area contributed by atoms with Crippen LogP contribution in [0.3, 0.4) is 0 Å². The molecule has 0 aliphatic carbocycles. The molecule has 0 saturated carbocycles. The van der Waals surface area contributed by atoms with Crippen molar-refractivity contribution in [2.24, 2.45) is 0 Å². The van der Waals surface area contributed by atoms with Crippen molar-refractivity contribution in [1.29, 1.82) is 0 Å². The van der Waals surface area contributed by atoms with Gasteiger partial charge in [-0.15, -0.1) is 13.6 Å². The van der Waals surface area contributed by atoms with Gasteiger partial charge in [-0.3, -0.25) is 9.78 Å². The lowest BCUT2D eigenvalue weighted by Crippen LogP contribution is -2.24. The van der Waals surface area contributed by atoms with E-state index in [-0.39, 0.29) is 52.7 Å². The number of pyridine rings is 1. The van der Waals surface area contributed by atoms with Crippen LogP contribution in [0.4, 0.5) is 13.2 Å². The Morgan fingerprint density at radius 2 is 1.33 bits per heavy atom. The minimum absolute atomic E-state index is 0.0684. The van der Waals surface area contributed by atoms with Crippen LogP contribution < -0.4 is 5.32 Å². The zero-order chi connectivity index (χ0) is 31.9. The second-order valence-corrected chi connectivity index (χ2v) is 13.4. The number of carbonyl (C=O) groups is 1. The molecule has 0 aliphatic heterocycles. The fraction of sp³-hybridized carbons (Fsp3) is 0.400. The van der Waals surface area contributed by atoms with E-state index in [1.54, 1.807) is 26.8 Å². The molecule has 0 aliphatic rings. The Hall–Kier alpha value is -0.908. The number of alkyl halides is 3. The van der Waals surface area contributed by atoms with Crippen LogP contribution in [0.1, 0.15) is 42.4 Å². The van der Waals surface area contributed by atoms with Crippen LogP contribution in [0, 0.1) is 0 Å². The molecule has 1 aromatic carbocycles. The molecule has 42 heavy (non-hydrogen) atoms. The second kappa shape index (κ2) is 20.2. The molecule has 12 nitrogen and oxygen atoms in total. The standard InChI is InChI=1S/C14H8Cl3F3N2O.3C2H5O3P.Al/c15-8-2-1-3-9(16)12(8)13(23)22-6-11-10(17)4-7(5-21-11)14(18,19)20;3*1-2-5-6(3)4;/h1-5H,6H2,(H,22,23);3*2H2,1H3;/q;;;;+3. The molecule has 1 heterocycles. The number of amides is 1. The van der Waals surface area contributed by atoms with E-state index in [1.807, 2.05) is 0 Å². The summed E-state index contributed by atoms with van der Waals surface area (Å²) >= 11 is 14.3. The van der Waals surface area contributed by atoms with Gasteiger partial charge in [0.25, 0.3) is 5.91 Å². The summed E-state index contributed by atoms with van der Waals surface area (Å²) in [5.41, 5.74) is -0.804. The van der Waals surface area contributed by atoms with E-state index in [9.17, 15) is 31.7 Å². The third kappa shape index (κ3) is 14.7. The lowest BCUT2D eigenvalue weighted by atomic mass is 10.2. The molecule has 2 aromatic rings. The quantitative estimate of drug-likeness (QED) is 0.140. The predicted molar refractivity (Wildman–Crippen MR) is 149 cm³/mol. The van der Waals surface area contributed by atoms with E-state index in [0.29, 0.717) is 6.20 Å². The number of hydrogen-bond donors (Lipinski definition) is 1. The van der Waals surface area contributed by atoms with Gasteiger partial charge in [-0.05, 0) is 39.0 Å². The first-order valence-corrected chi connectivity index (χ1v) is 17.3. The summed E-state index contributed by atoms with van der Waals surface area (Å²) in [5.74, 6) is -0.585. The minimum Gasteiger partial charge on any atom is -0.346 e. The maximum Gasteiger partial charge on any atom is 1.05 e. The van der Waals surface area contributed by atoms with Crippen LogP contribution in [0.2, 0.25) is 15.1 Å². The monoisotopic (exact) mass is 733 g/mol. The topological polar surface area (TPSA) is 149 Å². The summed E-state index contributed by atoms with van der Waals surface area (Å²) in [7, 11) is -7.52. The highest BCUT2D eigenvalue weighted by Crippen LogP contribution is 2.36. The smallest absolute Gasteiger partial charge is 0.346 e. The minimum atomic E-state index is -4.54. The van der Waals surface area contributed by atoms with E-state index in [1.165, 1.54) is 12.1 Å². The van der Waals surface area contributed by atoms with Gasteiger partial charge in [-0.25, -0.2) is 0 Å². The van der Waals surface area contributed by atoms with Crippen molar-refractivity contribution >= 4 is 80.6 Å². The van der Waals surface area contributed by atoms with E-state index in [4.69, 9.17) is 45.5 Å². The summed E-state index contributed by atoms with van der Waals surface area (Å²) in [5, 5.41) is 2.56. The number of nitrogens with zero attached hydrogens (tertiary/aromatic N) is 1. The van der Waals surface area contributed by atoms with Crippen molar-refractivity contribution in [2.75, 3.05) is 19.8 Å². The maximum absolute atomic E-state index is 12.5. The molecule has 1 amide bonds. The van der Waals surface area contributed by atoms with E-state index in [0.717, 1.165) is 6.07 Å². The SMILES string of the molecule is CCO[P+](=O)[O][Al]([O][P+](=O)OCC)[O][P+](=O)OCC.O=C(NCc1ncc(C(F)(F)F)cc1Cl)c1c(Cl)cccc1Cl. The van der Waals surface area contributed by atoms with Crippen molar-refractivity contribution in [3.8, 4) is 0 Å². The number of benzene rings is 1. The van der Waals surface area contributed by atoms with Gasteiger partial charge in [0.05, 0.1) is 38.4 Å². The molecule has 0 bridgehead atoms. The molecule has 2 rings (SSSR count). The van der Waals surface area contributed by atoms with Crippen molar-refractivity contribution in [3.05, 3.63) is 62.4 Å². The highest BCUT2D eigenvalue weighted by Gasteiger charge is 2.59. The molecule has 0 spiro atoms. The summed E-state index contributed by atoms with van der Waals surface area (Å²) in [6.45, 7) is 5.09. The lowest BCUT2D eigenvalue weighted by molar-refractivity contribution is -0.137. The average molecular weight is 735 g/mol. The Labute approximate surface area is 261 Å². The number of halogens is 6.